The largest absolute Gasteiger partial charge is 0.340 e. The molecule has 2 rings (SSSR count). The second kappa shape index (κ2) is 4.17. The Kier molecular flexibility index (Phi) is 2.84. The van der Waals surface area contributed by atoms with E-state index < -0.39 is 0 Å². The van der Waals surface area contributed by atoms with Crippen LogP contribution in [0.2, 0.25) is 0 Å². The van der Waals surface area contributed by atoms with Gasteiger partial charge in [-0.2, -0.15) is 0 Å². The quantitative estimate of drug-likeness (QED) is 0.584. The molecule has 2 nitrogen and oxygen atoms in total. The third-order valence-corrected chi connectivity index (χ3v) is 2.67. The molecule has 0 radical (unpaired) electrons. The molecular formula is C14H14FNO. The van der Waals surface area contributed by atoms with Crippen molar-refractivity contribution in [2.24, 2.45) is 0 Å². The van der Waals surface area contributed by atoms with Crippen molar-refractivity contribution < 1.29 is 9.18 Å². The molecule has 3 heteroatoms. The maximum atomic E-state index is 13.8. The van der Waals surface area contributed by atoms with E-state index in [0.29, 0.717) is 23.0 Å². The number of allylic oxidation sites excluding steroid dienone is 1. The predicted molar refractivity (Wildman–Crippen MR) is 66.7 cm³/mol. The molecule has 0 bridgehead atoms. The number of hydrogen-bond acceptors (Lipinski definition) is 1. The standard InChI is InChI=1S/C14H14FNO/c1-9(2)7-16-8-12(10(3)17)11-5-4-6-13(15)14(11)16/h4-6,8H,1,7H2,2-3H3. The molecule has 1 heterocycles. The van der Waals surface area contributed by atoms with E-state index in [4.69, 9.17) is 0 Å². The molecule has 88 valence electrons. The summed E-state index contributed by atoms with van der Waals surface area (Å²) in [7, 11) is 0. The number of carbonyl (C=O) groups is 1. The number of ketones is 1. The van der Waals surface area contributed by atoms with Crippen molar-refractivity contribution in [2.45, 2.75) is 20.4 Å². The summed E-state index contributed by atoms with van der Waals surface area (Å²) in [6, 6.07) is 4.79. The topological polar surface area (TPSA) is 22.0 Å². The first-order valence-electron chi connectivity index (χ1n) is 5.43. The van der Waals surface area contributed by atoms with Gasteiger partial charge in [0, 0.05) is 23.7 Å². The zero-order valence-electron chi connectivity index (χ0n) is 9.96. The molecule has 0 aliphatic carbocycles. The lowest BCUT2D eigenvalue weighted by atomic mass is 10.1. The summed E-state index contributed by atoms with van der Waals surface area (Å²) in [5.41, 5.74) is 1.95. The van der Waals surface area contributed by atoms with E-state index in [9.17, 15) is 9.18 Å². The fourth-order valence-corrected chi connectivity index (χ4v) is 2.01. The van der Waals surface area contributed by atoms with Gasteiger partial charge in [-0.25, -0.2) is 4.39 Å². The summed E-state index contributed by atoms with van der Waals surface area (Å²) in [5.74, 6) is -0.364. The number of para-hydroxylation sites is 1. The van der Waals surface area contributed by atoms with E-state index >= 15 is 0 Å². The van der Waals surface area contributed by atoms with Gasteiger partial charge >= 0.3 is 0 Å². The van der Waals surface area contributed by atoms with Crippen LogP contribution in [0.5, 0.6) is 0 Å². The zero-order chi connectivity index (χ0) is 12.6. The van der Waals surface area contributed by atoms with Crippen LogP contribution in [0.1, 0.15) is 24.2 Å². The molecule has 0 saturated heterocycles. The Balaban J connectivity index is 2.75. The number of fused-ring (bicyclic) bond motifs is 1. The van der Waals surface area contributed by atoms with Gasteiger partial charge in [-0.05, 0) is 19.9 Å². The summed E-state index contributed by atoms with van der Waals surface area (Å²) >= 11 is 0. The molecule has 1 aromatic carbocycles. The number of halogens is 1. The number of rotatable bonds is 3. The first kappa shape index (κ1) is 11.6. The number of carbonyl (C=O) groups excluding carboxylic acids is 1. The highest BCUT2D eigenvalue weighted by Crippen LogP contribution is 2.25. The van der Waals surface area contributed by atoms with E-state index in [1.807, 2.05) is 6.92 Å². The molecule has 0 aliphatic rings. The van der Waals surface area contributed by atoms with Crippen LogP contribution < -0.4 is 0 Å². The van der Waals surface area contributed by atoms with E-state index in [1.165, 1.54) is 13.0 Å². The first-order chi connectivity index (χ1) is 8.00. The van der Waals surface area contributed by atoms with Gasteiger partial charge in [0.25, 0.3) is 0 Å². The molecule has 0 atom stereocenters. The second-order valence-corrected chi connectivity index (χ2v) is 4.32. The number of Topliss-reactive ketones (excluding diaryl/α,β-unsaturated/α-hetero) is 1. The monoisotopic (exact) mass is 231 g/mol. The number of aromatic nitrogens is 1. The molecular weight excluding hydrogens is 217 g/mol. The fraction of sp³-hybridized carbons (Fsp3) is 0.214. The number of hydrogen-bond donors (Lipinski definition) is 0. The van der Waals surface area contributed by atoms with Crippen LogP contribution in [0, 0.1) is 5.82 Å². The number of nitrogens with zero attached hydrogens (tertiary/aromatic N) is 1. The third kappa shape index (κ3) is 2.00. The Labute approximate surface area is 99.4 Å². The summed E-state index contributed by atoms with van der Waals surface area (Å²) in [6.07, 6.45) is 1.70. The molecule has 0 N–H and O–H groups in total. The van der Waals surface area contributed by atoms with Crippen molar-refractivity contribution in [3.05, 3.63) is 47.9 Å². The van der Waals surface area contributed by atoms with Crippen LogP contribution >= 0.6 is 0 Å². The van der Waals surface area contributed by atoms with Crippen LogP contribution in [0.15, 0.2) is 36.5 Å². The maximum absolute atomic E-state index is 13.8. The Bertz CT molecular complexity index is 610. The van der Waals surface area contributed by atoms with E-state index in [-0.39, 0.29) is 11.6 Å². The number of benzene rings is 1. The smallest absolute Gasteiger partial charge is 0.161 e. The molecule has 0 unspecified atom stereocenters. The molecule has 0 spiro atoms. The Hall–Kier alpha value is -1.90. The minimum absolute atomic E-state index is 0.0546. The highest BCUT2D eigenvalue weighted by molar-refractivity contribution is 6.07. The average Bonchev–Trinajstić information content (AvgIpc) is 2.57. The molecule has 0 fully saturated rings. The molecule has 0 aliphatic heterocycles. The Morgan fingerprint density at radius 1 is 1.41 bits per heavy atom. The van der Waals surface area contributed by atoms with Gasteiger partial charge in [0.05, 0.1) is 5.52 Å². The average molecular weight is 231 g/mol. The zero-order valence-corrected chi connectivity index (χ0v) is 9.96. The van der Waals surface area contributed by atoms with Crippen molar-refractivity contribution in [2.75, 3.05) is 0 Å². The molecule has 0 amide bonds. The second-order valence-electron chi connectivity index (χ2n) is 4.32. The molecule has 2 aromatic rings. The van der Waals surface area contributed by atoms with Crippen LogP contribution in [0.3, 0.4) is 0 Å². The van der Waals surface area contributed by atoms with Gasteiger partial charge < -0.3 is 4.57 Å². The van der Waals surface area contributed by atoms with Crippen molar-refractivity contribution in [3.63, 3.8) is 0 Å². The van der Waals surface area contributed by atoms with Gasteiger partial charge in [0.1, 0.15) is 5.82 Å². The maximum Gasteiger partial charge on any atom is 0.161 e. The molecule has 1 aromatic heterocycles. The van der Waals surface area contributed by atoms with Gasteiger partial charge in [-0.1, -0.05) is 24.3 Å². The Morgan fingerprint density at radius 3 is 2.71 bits per heavy atom. The van der Waals surface area contributed by atoms with E-state index in [0.717, 1.165) is 5.57 Å². The van der Waals surface area contributed by atoms with Crippen molar-refractivity contribution in [1.82, 2.24) is 4.57 Å². The SMILES string of the molecule is C=C(C)Cn1cc(C(C)=O)c2cccc(F)c21. The van der Waals surface area contributed by atoms with Crippen LogP contribution in [0.4, 0.5) is 4.39 Å². The van der Waals surface area contributed by atoms with E-state index in [2.05, 4.69) is 6.58 Å². The van der Waals surface area contributed by atoms with Crippen LogP contribution in [0.25, 0.3) is 10.9 Å². The fourth-order valence-electron chi connectivity index (χ4n) is 2.01. The van der Waals surface area contributed by atoms with Gasteiger partial charge in [-0.3, -0.25) is 4.79 Å². The van der Waals surface area contributed by atoms with Gasteiger partial charge in [0.2, 0.25) is 0 Å². The van der Waals surface area contributed by atoms with Crippen molar-refractivity contribution in [1.29, 1.82) is 0 Å². The lowest BCUT2D eigenvalue weighted by Gasteiger charge is -2.04. The lowest BCUT2D eigenvalue weighted by molar-refractivity contribution is 0.101. The summed E-state index contributed by atoms with van der Waals surface area (Å²) in [4.78, 5) is 11.5. The minimum atomic E-state index is -0.309. The van der Waals surface area contributed by atoms with Crippen molar-refractivity contribution >= 4 is 16.7 Å². The predicted octanol–water partition coefficient (Wildman–Crippen LogP) is 3.56. The lowest BCUT2D eigenvalue weighted by Crippen LogP contribution is -1.98. The van der Waals surface area contributed by atoms with Gasteiger partial charge in [-0.15, -0.1) is 0 Å². The summed E-state index contributed by atoms with van der Waals surface area (Å²) in [6.45, 7) is 7.70. The summed E-state index contributed by atoms with van der Waals surface area (Å²) < 4.78 is 15.6. The Morgan fingerprint density at radius 2 is 2.12 bits per heavy atom. The minimum Gasteiger partial charge on any atom is -0.340 e. The highest BCUT2D eigenvalue weighted by Gasteiger charge is 2.14. The van der Waals surface area contributed by atoms with Crippen LogP contribution in [-0.4, -0.2) is 10.4 Å². The van der Waals surface area contributed by atoms with Crippen molar-refractivity contribution in [3.8, 4) is 0 Å². The molecule has 17 heavy (non-hydrogen) atoms. The molecule has 0 saturated carbocycles. The third-order valence-electron chi connectivity index (χ3n) is 2.67. The van der Waals surface area contributed by atoms with Crippen LogP contribution in [-0.2, 0) is 6.54 Å². The summed E-state index contributed by atoms with van der Waals surface area (Å²) in [5, 5.41) is 0.666. The first-order valence-corrected chi connectivity index (χ1v) is 5.43. The highest BCUT2D eigenvalue weighted by atomic mass is 19.1. The van der Waals surface area contributed by atoms with Gasteiger partial charge in [0.15, 0.2) is 5.78 Å². The normalized spacial score (nSPS) is 10.8. The van der Waals surface area contributed by atoms with E-state index in [1.54, 1.807) is 22.9 Å².